The Morgan fingerprint density at radius 1 is 1.41 bits per heavy atom. The van der Waals surface area contributed by atoms with Crippen LogP contribution in [0.3, 0.4) is 0 Å². The van der Waals surface area contributed by atoms with E-state index in [1.165, 1.54) is 6.07 Å². The molecule has 2 rings (SSSR count). The molecule has 3 N–H and O–H groups in total. The monoisotopic (exact) mass is 300 g/mol. The van der Waals surface area contributed by atoms with E-state index >= 15 is 0 Å². The summed E-state index contributed by atoms with van der Waals surface area (Å²) in [5.41, 5.74) is 6.18. The molecule has 1 amide bonds. The summed E-state index contributed by atoms with van der Waals surface area (Å²) in [7, 11) is 0. The number of allylic oxidation sites excluding steroid dienone is 2. The number of hydrogen-bond donors (Lipinski definition) is 2. The number of carbonyl (C=O) groups is 1. The second-order valence-corrected chi connectivity index (χ2v) is 5.69. The highest BCUT2D eigenvalue weighted by Gasteiger charge is 2.28. The molecule has 1 aromatic rings. The van der Waals surface area contributed by atoms with E-state index in [1.807, 2.05) is 32.1 Å². The number of H-pyrrole nitrogens is 1. The SMILES string of the molecule is CC/C=c1/[nH]c(C(C(N)=O)C2C=CCC2)cc(=O)/c1=C/CC. The molecule has 1 aliphatic carbocycles. The Bertz CT molecular complexity index is 743. The van der Waals surface area contributed by atoms with E-state index in [-0.39, 0.29) is 17.3 Å². The van der Waals surface area contributed by atoms with E-state index in [0.29, 0.717) is 10.9 Å². The Morgan fingerprint density at radius 3 is 2.68 bits per heavy atom. The number of aromatic nitrogens is 1. The fraction of sp³-hybridized carbons (Fsp3) is 0.444. The van der Waals surface area contributed by atoms with Crippen molar-refractivity contribution in [1.82, 2.24) is 4.98 Å². The molecule has 4 nitrogen and oxygen atoms in total. The molecule has 0 aliphatic heterocycles. The van der Waals surface area contributed by atoms with Crippen LogP contribution in [0.5, 0.6) is 0 Å². The van der Waals surface area contributed by atoms with Gasteiger partial charge >= 0.3 is 0 Å². The lowest BCUT2D eigenvalue weighted by atomic mass is 9.88. The molecule has 0 bridgehead atoms. The zero-order valence-electron chi connectivity index (χ0n) is 13.3. The molecule has 0 radical (unpaired) electrons. The number of nitrogens with two attached hydrogens (primary N) is 1. The average Bonchev–Trinajstić information content (AvgIpc) is 2.96. The standard InChI is InChI=1S/C18H24N2O2/c1-3-7-13-14(8-4-2)20-15(11-16(13)21)17(18(19)22)12-9-5-6-10-12/h5,7-9,11-12,17,20H,3-4,6,10H2,1-2H3,(H2,19,22)/b13-7+,14-8+. The maximum Gasteiger partial charge on any atom is 0.227 e. The molecule has 22 heavy (non-hydrogen) atoms. The topological polar surface area (TPSA) is 76.0 Å². The minimum atomic E-state index is -0.467. The summed E-state index contributed by atoms with van der Waals surface area (Å²) in [6.07, 6.45) is 11.4. The second-order valence-electron chi connectivity index (χ2n) is 5.69. The molecule has 4 heteroatoms. The lowest BCUT2D eigenvalue weighted by Gasteiger charge is -2.19. The van der Waals surface area contributed by atoms with Crippen LogP contribution in [0.4, 0.5) is 0 Å². The average molecular weight is 300 g/mol. The van der Waals surface area contributed by atoms with Crippen LogP contribution in [-0.4, -0.2) is 10.9 Å². The van der Waals surface area contributed by atoms with Gasteiger partial charge in [-0.2, -0.15) is 0 Å². The van der Waals surface area contributed by atoms with Crippen molar-refractivity contribution in [3.8, 4) is 0 Å². The molecular formula is C18H24N2O2. The minimum Gasteiger partial charge on any atom is -0.369 e. The zero-order valence-corrected chi connectivity index (χ0v) is 13.3. The number of primary amides is 1. The first-order chi connectivity index (χ1) is 10.6. The molecular weight excluding hydrogens is 276 g/mol. The summed E-state index contributed by atoms with van der Waals surface area (Å²) >= 11 is 0. The Labute approximate surface area is 130 Å². The quantitative estimate of drug-likeness (QED) is 0.804. The number of pyridine rings is 1. The van der Waals surface area contributed by atoms with Crippen LogP contribution in [0.1, 0.15) is 51.1 Å². The van der Waals surface area contributed by atoms with Gasteiger partial charge in [0, 0.05) is 22.3 Å². The fourth-order valence-corrected chi connectivity index (χ4v) is 3.09. The second kappa shape index (κ2) is 7.25. The third kappa shape index (κ3) is 3.38. The number of hydrogen-bond acceptors (Lipinski definition) is 2. The van der Waals surface area contributed by atoms with Crippen molar-refractivity contribution in [3.63, 3.8) is 0 Å². The predicted octanol–water partition coefficient (Wildman–Crippen LogP) is 1.29. The van der Waals surface area contributed by atoms with Crippen molar-refractivity contribution in [2.45, 2.75) is 45.4 Å². The molecule has 0 spiro atoms. The maximum absolute atomic E-state index is 12.4. The van der Waals surface area contributed by atoms with E-state index in [4.69, 9.17) is 5.73 Å². The van der Waals surface area contributed by atoms with Crippen LogP contribution < -0.4 is 21.7 Å². The number of nitrogens with one attached hydrogen (secondary N) is 1. The van der Waals surface area contributed by atoms with Gasteiger partial charge in [-0.05, 0) is 31.6 Å². The summed E-state index contributed by atoms with van der Waals surface area (Å²) in [6.45, 7) is 4.02. The molecule has 0 aromatic carbocycles. The van der Waals surface area contributed by atoms with Gasteiger partial charge in [-0.1, -0.05) is 38.2 Å². The smallest absolute Gasteiger partial charge is 0.227 e. The van der Waals surface area contributed by atoms with Gasteiger partial charge < -0.3 is 10.7 Å². The van der Waals surface area contributed by atoms with Crippen molar-refractivity contribution in [1.29, 1.82) is 0 Å². The van der Waals surface area contributed by atoms with Crippen LogP contribution in [0.25, 0.3) is 12.2 Å². The fourth-order valence-electron chi connectivity index (χ4n) is 3.09. The van der Waals surface area contributed by atoms with Gasteiger partial charge in [0.2, 0.25) is 5.91 Å². The van der Waals surface area contributed by atoms with E-state index in [1.54, 1.807) is 0 Å². The summed E-state index contributed by atoms with van der Waals surface area (Å²) in [5.74, 6) is -0.781. The molecule has 118 valence electrons. The van der Waals surface area contributed by atoms with Gasteiger partial charge in [0.25, 0.3) is 0 Å². The molecule has 2 atom stereocenters. The highest BCUT2D eigenvalue weighted by molar-refractivity contribution is 5.82. The lowest BCUT2D eigenvalue weighted by molar-refractivity contribution is -0.120. The summed E-state index contributed by atoms with van der Waals surface area (Å²) in [5, 5.41) is 1.47. The molecule has 1 aromatic heterocycles. The molecule has 0 saturated carbocycles. The molecule has 1 heterocycles. The first kappa shape index (κ1) is 16.3. The largest absolute Gasteiger partial charge is 0.369 e. The van der Waals surface area contributed by atoms with Crippen LogP contribution in [-0.2, 0) is 4.79 Å². The van der Waals surface area contributed by atoms with Crippen molar-refractivity contribution in [3.05, 3.63) is 44.7 Å². The van der Waals surface area contributed by atoms with Crippen LogP contribution in [0.15, 0.2) is 23.0 Å². The van der Waals surface area contributed by atoms with Crippen LogP contribution in [0, 0.1) is 5.92 Å². The van der Waals surface area contributed by atoms with E-state index in [9.17, 15) is 9.59 Å². The van der Waals surface area contributed by atoms with E-state index < -0.39 is 5.92 Å². The number of carbonyl (C=O) groups excluding carboxylic acids is 1. The first-order valence-corrected chi connectivity index (χ1v) is 7.98. The van der Waals surface area contributed by atoms with Crippen LogP contribution in [0.2, 0.25) is 0 Å². The first-order valence-electron chi connectivity index (χ1n) is 7.98. The summed E-state index contributed by atoms with van der Waals surface area (Å²) < 4.78 is 0. The molecule has 2 unspecified atom stereocenters. The Balaban J connectivity index is 2.62. The van der Waals surface area contributed by atoms with Crippen molar-refractivity contribution in [2.75, 3.05) is 0 Å². The van der Waals surface area contributed by atoms with Gasteiger partial charge in [-0.15, -0.1) is 0 Å². The normalized spacial score (nSPS) is 20.5. The zero-order chi connectivity index (χ0) is 16.1. The van der Waals surface area contributed by atoms with Gasteiger partial charge in [-0.25, -0.2) is 0 Å². The third-order valence-corrected chi connectivity index (χ3v) is 4.06. The highest BCUT2D eigenvalue weighted by atomic mass is 16.1. The van der Waals surface area contributed by atoms with Gasteiger partial charge in [-0.3, -0.25) is 9.59 Å². The van der Waals surface area contributed by atoms with Gasteiger partial charge in [0.05, 0.1) is 5.92 Å². The molecule has 1 aliphatic rings. The third-order valence-electron chi connectivity index (χ3n) is 4.06. The van der Waals surface area contributed by atoms with Crippen LogP contribution >= 0.6 is 0 Å². The number of amides is 1. The highest BCUT2D eigenvalue weighted by Crippen LogP contribution is 2.31. The van der Waals surface area contributed by atoms with Crippen molar-refractivity contribution in [2.24, 2.45) is 11.7 Å². The summed E-state index contributed by atoms with van der Waals surface area (Å²) in [4.78, 5) is 27.6. The van der Waals surface area contributed by atoms with Crippen molar-refractivity contribution >= 4 is 18.1 Å². The summed E-state index contributed by atoms with van der Waals surface area (Å²) in [6, 6.07) is 1.54. The van der Waals surface area contributed by atoms with Gasteiger partial charge in [0.1, 0.15) is 0 Å². The Kier molecular flexibility index (Phi) is 5.36. The van der Waals surface area contributed by atoms with Crippen molar-refractivity contribution < 1.29 is 4.79 Å². The predicted molar refractivity (Wildman–Crippen MR) is 89.6 cm³/mol. The maximum atomic E-state index is 12.4. The Morgan fingerprint density at radius 2 is 2.14 bits per heavy atom. The van der Waals surface area contributed by atoms with E-state index in [2.05, 4.69) is 11.1 Å². The molecule has 0 fully saturated rings. The lowest BCUT2D eigenvalue weighted by Crippen LogP contribution is -2.43. The minimum absolute atomic E-state index is 0.0523. The number of rotatable bonds is 5. The number of aromatic amines is 1. The molecule has 0 saturated heterocycles. The Hall–Kier alpha value is -2.10. The van der Waals surface area contributed by atoms with Gasteiger partial charge in [0.15, 0.2) is 5.43 Å². The van der Waals surface area contributed by atoms with E-state index in [0.717, 1.165) is 31.0 Å².